The van der Waals surface area contributed by atoms with Gasteiger partial charge in [0.25, 0.3) is 5.91 Å². The van der Waals surface area contributed by atoms with Crippen LogP contribution in [0.2, 0.25) is 0 Å². The number of rotatable bonds is 6. The summed E-state index contributed by atoms with van der Waals surface area (Å²) in [5.74, 6) is -3.75. The fourth-order valence-corrected chi connectivity index (χ4v) is 4.92. The number of piperidine rings is 1. The van der Waals surface area contributed by atoms with Gasteiger partial charge in [0.2, 0.25) is 0 Å². The number of carbonyl (C=O) groups excluding carboxylic acids is 1. The average Bonchev–Trinajstić information content (AvgIpc) is 3.24. The van der Waals surface area contributed by atoms with Crippen molar-refractivity contribution in [2.45, 2.75) is 44.1 Å². The van der Waals surface area contributed by atoms with Gasteiger partial charge in [-0.25, -0.2) is 8.78 Å². The van der Waals surface area contributed by atoms with Crippen molar-refractivity contribution in [3.05, 3.63) is 94.6 Å². The highest BCUT2D eigenvalue weighted by Gasteiger charge is 2.42. The zero-order valence-corrected chi connectivity index (χ0v) is 19.3. The van der Waals surface area contributed by atoms with Crippen LogP contribution in [0.5, 0.6) is 0 Å². The summed E-state index contributed by atoms with van der Waals surface area (Å²) in [6, 6.07) is 7.21. The lowest BCUT2D eigenvalue weighted by molar-refractivity contribution is -0.132. The number of amides is 1. The number of likely N-dealkylation sites (tertiary alicyclic amines) is 1. The first kappa shape index (κ1) is 24.3. The zero-order valence-electron chi connectivity index (χ0n) is 19.3. The SMILES string of the molecule is O=C(NC(c1ccc(F)c(F)c1)c1ccc(CN2CCC3(CC2)OCc2ccncc23)cn1)C(F)F. The zero-order chi connectivity index (χ0) is 25.3. The topological polar surface area (TPSA) is 67.4 Å². The molecule has 0 radical (unpaired) electrons. The quantitative estimate of drug-likeness (QED) is 0.513. The van der Waals surface area contributed by atoms with Crippen molar-refractivity contribution in [3.63, 3.8) is 0 Å². The number of nitrogens with one attached hydrogen (secondary N) is 1. The fraction of sp³-hybridized carbons (Fsp3) is 0.346. The molecule has 1 N–H and O–H groups in total. The second kappa shape index (κ2) is 9.94. The van der Waals surface area contributed by atoms with Crippen LogP contribution in [-0.2, 0) is 28.3 Å². The summed E-state index contributed by atoms with van der Waals surface area (Å²) in [4.78, 5) is 22.6. The summed E-state index contributed by atoms with van der Waals surface area (Å²) < 4.78 is 59.2. The second-order valence-electron chi connectivity index (χ2n) is 9.10. The monoisotopic (exact) mass is 500 g/mol. The molecular weight excluding hydrogens is 476 g/mol. The Morgan fingerprint density at radius 3 is 2.58 bits per heavy atom. The van der Waals surface area contributed by atoms with E-state index in [9.17, 15) is 22.4 Å². The van der Waals surface area contributed by atoms with Crippen LogP contribution in [0.4, 0.5) is 17.6 Å². The number of carbonyl (C=O) groups is 1. The Labute approximate surface area is 205 Å². The maximum Gasteiger partial charge on any atom is 0.315 e. The third kappa shape index (κ3) is 4.83. The summed E-state index contributed by atoms with van der Waals surface area (Å²) in [5, 5.41) is 2.16. The summed E-state index contributed by atoms with van der Waals surface area (Å²) in [6.07, 6.45) is 3.71. The molecule has 2 aliphatic heterocycles. The Morgan fingerprint density at radius 1 is 1.08 bits per heavy atom. The average molecular weight is 500 g/mol. The smallest absolute Gasteiger partial charge is 0.315 e. The first-order chi connectivity index (χ1) is 17.3. The van der Waals surface area contributed by atoms with Gasteiger partial charge in [0.1, 0.15) is 0 Å². The Kier molecular flexibility index (Phi) is 6.72. The van der Waals surface area contributed by atoms with Crippen LogP contribution in [0, 0.1) is 11.6 Å². The molecule has 36 heavy (non-hydrogen) atoms. The first-order valence-corrected chi connectivity index (χ1v) is 11.6. The molecule has 1 spiro atoms. The molecule has 0 aliphatic carbocycles. The standard InChI is InChI=1S/C26H24F4N4O2/c27-20-3-2-17(11-21(20)28)23(33-25(35)24(29)30)22-4-1-16(12-32-22)14-34-9-6-26(7-10-34)19-13-31-8-5-18(19)15-36-26/h1-5,8,11-13,23-24H,6-7,9-10,14-15H2,(H,33,35). The molecule has 0 saturated carbocycles. The van der Waals surface area contributed by atoms with Crippen molar-refractivity contribution < 1.29 is 27.1 Å². The van der Waals surface area contributed by atoms with Crippen LogP contribution in [0.15, 0.2) is 55.0 Å². The van der Waals surface area contributed by atoms with Gasteiger partial charge in [-0.1, -0.05) is 12.1 Å². The number of fused-ring (bicyclic) bond motifs is 2. The maximum absolute atomic E-state index is 13.8. The number of hydrogen-bond donors (Lipinski definition) is 1. The van der Waals surface area contributed by atoms with E-state index in [2.05, 4.69) is 20.2 Å². The van der Waals surface area contributed by atoms with Gasteiger partial charge in [-0.3, -0.25) is 19.7 Å². The number of aromatic nitrogens is 2. The molecule has 2 aromatic heterocycles. The Morgan fingerprint density at radius 2 is 1.89 bits per heavy atom. The van der Waals surface area contributed by atoms with Crippen molar-refractivity contribution in [3.8, 4) is 0 Å². The number of halogens is 4. The van der Waals surface area contributed by atoms with Gasteiger partial charge < -0.3 is 10.1 Å². The molecule has 4 heterocycles. The van der Waals surface area contributed by atoms with Crippen molar-refractivity contribution in [2.75, 3.05) is 13.1 Å². The lowest BCUT2D eigenvalue weighted by Gasteiger charge is -2.39. The number of ether oxygens (including phenoxy) is 1. The van der Waals surface area contributed by atoms with Crippen molar-refractivity contribution in [1.82, 2.24) is 20.2 Å². The molecule has 1 amide bonds. The minimum Gasteiger partial charge on any atom is -0.365 e. The normalized spacial score (nSPS) is 17.8. The van der Waals surface area contributed by atoms with E-state index >= 15 is 0 Å². The lowest BCUT2D eigenvalue weighted by Crippen LogP contribution is -2.42. The van der Waals surface area contributed by atoms with Crippen LogP contribution in [-0.4, -0.2) is 40.3 Å². The number of nitrogens with zero attached hydrogens (tertiary/aromatic N) is 3. The van der Waals surface area contributed by atoms with E-state index in [-0.39, 0.29) is 16.9 Å². The third-order valence-electron chi connectivity index (χ3n) is 6.88. The Balaban J connectivity index is 1.27. The molecule has 1 saturated heterocycles. The van der Waals surface area contributed by atoms with E-state index in [0.717, 1.165) is 43.6 Å². The van der Waals surface area contributed by atoms with Gasteiger partial charge >= 0.3 is 6.43 Å². The van der Waals surface area contributed by atoms with Crippen LogP contribution < -0.4 is 5.32 Å². The molecular formula is C26H24F4N4O2. The largest absolute Gasteiger partial charge is 0.365 e. The van der Waals surface area contributed by atoms with Crippen molar-refractivity contribution in [2.24, 2.45) is 0 Å². The number of alkyl halides is 2. The Hall–Kier alpha value is -3.37. The van der Waals surface area contributed by atoms with Crippen molar-refractivity contribution in [1.29, 1.82) is 0 Å². The molecule has 188 valence electrons. The highest BCUT2D eigenvalue weighted by molar-refractivity contribution is 5.80. The molecule has 2 aliphatic rings. The molecule has 10 heteroatoms. The molecule has 0 bridgehead atoms. The van der Waals surface area contributed by atoms with E-state index in [0.29, 0.717) is 13.2 Å². The third-order valence-corrected chi connectivity index (χ3v) is 6.88. The van der Waals surface area contributed by atoms with E-state index in [4.69, 9.17) is 4.74 Å². The van der Waals surface area contributed by atoms with Gasteiger partial charge in [-0.15, -0.1) is 0 Å². The van der Waals surface area contributed by atoms with Crippen LogP contribution in [0.3, 0.4) is 0 Å². The minimum absolute atomic E-state index is 0.107. The first-order valence-electron chi connectivity index (χ1n) is 11.6. The van der Waals surface area contributed by atoms with Gasteiger partial charge in [0.05, 0.1) is 23.9 Å². The van der Waals surface area contributed by atoms with Crippen molar-refractivity contribution >= 4 is 5.91 Å². The van der Waals surface area contributed by atoms with E-state index < -0.39 is 30.0 Å². The van der Waals surface area contributed by atoms with Crippen LogP contribution >= 0.6 is 0 Å². The number of pyridine rings is 2. The molecule has 1 aromatic carbocycles. The van der Waals surface area contributed by atoms with Crippen LogP contribution in [0.25, 0.3) is 0 Å². The number of benzene rings is 1. The minimum atomic E-state index is -3.26. The van der Waals surface area contributed by atoms with Gasteiger partial charge in [-0.2, -0.15) is 8.78 Å². The highest BCUT2D eigenvalue weighted by Crippen LogP contribution is 2.43. The summed E-state index contributed by atoms with van der Waals surface area (Å²) in [5.41, 5.74) is 3.31. The highest BCUT2D eigenvalue weighted by atomic mass is 19.3. The van der Waals surface area contributed by atoms with E-state index in [1.165, 1.54) is 17.2 Å². The molecule has 3 aromatic rings. The van der Waals surface area contributed by atoms with Gasteiger partial charge in [0, 0.05) is 43.8 Å². The van der Waals surface area contributed by atoms with E-state index in [1.54, 1.807) is 24.5 Å². The van der Waals surface area contributed by atoms with Gasteiger partial charge in [-0.05, 0) is 53.8 Å². The van der Waals surface area contributed by atoms with Gasteiger partial charge in [0.15, 0.2) is 11.6 Å². The van der Waals surface area contributed by atoms with E-state index in [1.807, 2.05) is 12.3 Å². The molecule has 1 unspecified atom stereocenters. The fourth-order valence-electron chi connectivity index (χ4n) is 4.92. The predicted molar refractivity (Wildman–Crippen MR) is 122 cm³/mol. The molecule has 6 nitrogen and oxygen atoms in total. The summed E-state index contributed by atoms with van der Waals surface area (Å²) >= 11 is 0. The second-order valence-corrected chi connectivity index (χ2v) is 9.10. The summed E-state index contributed by atoms with van der Waals surface area (Å²) in [6.45, 7) is 2.86. The predicted octanol–water partition coefficient (Wildman–Crippen LogP) is 4.25. The van der Waals surface area contributed by atoms with Crippen LogP contribution in [0.1, 0.15) is 46.8 Å². The molecule has 1 fully saturated rings. The Bertz CT molecular complexity index is 1250. The molecule has 1 atom stereocenters. The lowest BCUT2D eigenvalue weighted by atomic mass is 9.84. The summed E-state index contributed by atoms with van der Waals surface area (Å²) in [7, 11) is 0. The molecule has 5 rings (SSSR count). The number of hydrogen-bond acceptors (Lipinski definition) is 5. The maximum atomic E-state index is 13.8.